The quantitative estimate of drug-likeness (QED) is 0.314. The van der Waals surface area contributed by atoms with Crippen LogP contribution in [0.5, 0.6) is 5.75 Å². The normalized spacial score (nSPS) is 15.7. The summed E-state index contributed by atoms with van der Waals surface area (Å²) in [6.07, 6.45) is 4.07. The Bertz CT molecular complexity index is 1920. The summed E-state index contributed by atoms with van der Waals surface area (Å²) in [4.78, 5) is 43.9. The van der Waals surface area contributed by atoms with Crippen LogP contribution >= 0.6 is 0 Å². The third-order valence-electron chi connectivity index (χ3n) is 8.47. The highest BCUT2D eigenvalue weighted by Crippen LogP contribution is 2.41. The summed E-state index contributed by atoms with van der Waals surface area (Å²) in [5, 5.41) is 16.9. The molecule has 0 N–H and O–H groups in total. The second-order valence-electron chi connectivity index (χ2n) is 11.2. The summed E-state index contributed by atoms with van der Waals surface area (Å²) >= 11 is 0. The van der Waals surface area contributed by atoms with Gasteiger partial charge in [0, 0.05) is 60.4 Å². The molecule has 2 aliphatic heterocycles. The van der Waals surface area contributed by atoms with E-state index in [0.29, 0.717) is 53.9 Å². The first-order valence-electron chi connectivity index (χ1n) is 14.2. The first-order valence-corrected chi connectivity index (χ1v) is 14.2. The fourth-order valence-corrected chi connectivity index (χ4v) is 6.13. The topological polar surface area (TPSA) is 117 Å². The molecule has 0 bridgehead atoms. The van der Waals surface area contributed by atoms with Crippen molar-refractivity contribution in [2.24, 2.45) is 0 Å². The number of nitrogens with zero attached hydrogens (tertiary/aromatic N) is 4. The van der Waals surface area contributed by atoms with Gasteiger partial charge in [-0.1, -0.05) is 24.3 Å². The largest absolute Gasteiger partial charge is 0.545 e. The van der Waals surface area contributed by atoms with Gasteiger partial charge >= 0.3 is 0 Å². The number of carbonyl (C=O) groups excluding carboxylic acids is 3. The first kappa shape index (κ1) is 26.6. The number of para-hydroxylation sites is 1. The number of hydrogen-bond acceptors (Lipinski definition) is 7. The van der Waals surface area contributed by atoms with E-state index in [0.717, 1.165) is 22.3 Å². The van der Waals surface area contributed by atoms with Crippen LogP contribution in [0.4, 0.5) is 0 Å². The Morgan fingerprint density at radius 3 is 2.47 bits per heavy atom. The Balaban J connectivity index is 1.07. The Morgan fingerprint density at radius 2 is 1.70 bits per heavy atom. The van der Waals surface area contributed by atoms with Gasteiger partial charge in [-0.05, 0) is 61.0 Å². The van der Waals surface area contributed by atoms with Crippen molar-refractivity contribution in [3.63, 3.8) is 0 Å². The molecule has 1 amide bonds. The number of pyridine rings is 1. The molecule has 0 aliphatic carbocycles. The summed E-state index contributed by atoms with van der Waals surface area (Å²) in [7, 11) is 0. The summed E-state index contributed by atoms with van der Waals surface area (Å²) < 4.78 is 8.34. The number of carboxylic acid groups (broad SMARTS) is 1. The average molecular weight is 572 g/mol. The van der Waals surface area contributed by atoms with Crippen LogP contribution in [0.15, 0.2) is 85.2 Å². The molecule has 1 fully saturated rings. The Kier molecular flexibility index (Phi) is 6.30. The third-order valence-corrected chi connectivity index (χ3v) is 8.47. The highest BCUT2D eigenvalue weighted by Gasteiger charge is 2.44. The molecule has 0 unspecified atom stereocenters. The number of piperidine rings is 1. The number of aromatic nitrogens is 3. The van der Waals surface area contributed by atoms with E-state index in [2.05, 4.69) is 4.98 Å². The van der Waals surface area contributed by atoms with Crippen molar-refractivity contribution < 1.29 is 24.2 Å². The van der Waals surface area contributed by atoms with Gasteiger partial charge < -0.3 is 19.5 Å². The molecule has 214 valence electrons. The van der Waals surface area contributed by atoms with E-state index in [1.165, 1.54) is 12.3 Å². The summed E-state index contributed by atoms with van der Waals surface area (Å²) in [6.45, 7) is 2.89. The van der Waals surface area contributed by atoms with Gasteiger partial charge in [-0.15, -0.1) is 0 Å². The highest BCUT2D eigenvalue weighted by molar-refractivity contribution is 6.02. The predicted octanol–water partition coefficient (Wildman–Crippen LogP) is 4.40. The van der Waals surface area contributed by atoms with Gasteiger partial charge in [-0.3, -0.25) is 14.6 Å². The lowest BCUT2D eigenvalue weighted by atomic mass is 9.82. The molecule has 2 aromatic heterocycles. The van der Waals surface area contributed by atoms with E-state index in [9.17, 15) is 19.5 Å². The van der Waals surface area contributed by atoms with Crippen LogP contribution < -0.4 is 9.84 Å². The summed E-state index contributed by atoms with van der Waals surface area (Å²) in [5.74, 6) is -0.903. The van der Waals surface area contributed by atoms with Crippen molar-refractivity contribution in [2.45, 2.75) is 31.8 Å². The Hall–Kier alpha value is -5.31. The van der Waals surface area contributed by atoms with Gasteiger partial charge in [-0.2, -0.15) is 5.10 Å². The van der Waals surface area contributed by atoms with Crippen LogP contribution in [-0.4, -0.2) is 56.0 Å². The van der Waals surface area contributed by atoms with E-state index >= 15 is 0 Å². The summed E-state index contributed by atoms with van der Waals surface area (Å²) in [6, 6.07) is 22.3. The molecule has 0 saturated carbocycles. The Labute approximate surface area is 247 Å². The molecule has 1 saturated heterocycles. The van der Waals surface area contributed by atoms with Crippen molar-refractivity contribution in [3.8, 4) is 22.6 Å². The number of ether oxygens (including phenoxy) is 1. The van der Waals surface area contributed by atoms with Crippen LogP contribution in [0, 0.1) is 6.92 Å². The zero-order chi connectivity index (χ0) is 29.7. The third kappa shape index (κ3) is 4.72. The second kappa shape index (κ2) is 10.2. The molecule has 1 spiro atoms. The smallest absolute Gasteiger partial charge is 0.253 e. The molecular weight excluding hydrogens is 544 g/mol. The number of amides is 1. The van der Waals surface area contributed by atoms with Crippen molar-refractivity contribution in [1.82, 2.24) is 19.7 Å². The van der Waals surface area contributed by atoms with Gasteiger partial charge in [0.15, 0.2) is 5.78 Å². The molecule has 3 aromatic carbocycles. The van der Waals surface area contributed by atoms with Crippen molar-refractivity contribution >= 4 is 28.6 Å². The van der Waals surface area contributed by atoms with Crippen LogP contribution in [0.3, 0.4) is 0 Å². The molecule has 2 aliphatic rings. The van der Waals surface area contributed by atoms with Crippen LogP contribution in [0.2, 0.25) is 0 Å². The SMILES string of the molecule is Cc1nn(-c2ccccc2)c2ccc(C(=O)N3CCC4(CC3)CC(=O)c3cc(-c5cncc(C(=O)[O-])c5)ccc3O4)cc12. The van der Waals surface area contributed by atoms with E-state index in [-0.39, 0.29) is 23.7 Å². The minimum atomic E-state index is -1.31. The van der Waals surface area contributed by atoms with E-state index < -0.39 is 11.6 Å². The van der Waals surface area contributed by atoms with Crippen LogP contribution in [0.1, 0.15) is 56.0 Å². The van der Waals surface area contributed by atoms with Crippen molar-refractivity contribution in [1.29, 1.82) is 0 Å². The van der Waals surface area contributed by atoms with Crippen molar-refractivity contribution in [2.75, 3.05) is 13.1 Å². The molecule has 7 rings (SSSR count). The van der Waals surface area contributed by atoms with Gasteiger partial charge in [0.2, 0.25) is 0 Å². The predicted molar refractivity (Wildman–Crippen MR) is 157 cm³/mol. The number of rotatable bonds is 4. The molecule has 9 heteroatoms. The molecule has 0 radical (unpaired) electrons. The number of carbonyl (C=O) groups is 3. The van der Waals surface area contributed by atoms with Gasteiger partial charge in [-0.25, -0.2) is 4.68 Å². The number of aromatic carboxylic acids is 1. The second-order valence-corrected chi connectivity index (χ2v) is 11.2. The Morgan fingerprint density at radius 1 is 0.907 bits per heavy atom. The summed E-state index contributed by atoms with van der Waals surface area (Å²) in [5.41, 5.74) is 4.36. The number of likely N-dealkylation sites (tertiary alicyclic amines) is 1. The molecule has 0 atom stereocenters. The first-order chi connectivity index (χ1) is 20.8. The minimum absolute atomic E-state index is 0.0321. The number of Topliss-reactive ketones (excluding diaryl/α,β-unsaturated/α-hetero) is 1. The number of ketones is 1. The fourth-order valence-electron chi connectivity index (χ4n) is 6.13. The van der Waals surface area contributed by atoms with Gasteiger partial charge in [0.1, 0.15) is 11.4 Å². The highest BCUT2D eigenvalue weighted by atomic mass is 16.5. The molecule has 4 heterocycles. The van der Waals surface area contributed by atoms with Crippen molar-refractivity contribution in [3.05, 3.63) is 108 Å². The maximum absolute atomic E-state index is 13.5. The van der Waals surface area contributed by atoms with E-state index in [4.69, 9.17) is 9.84 Å². The molecular formula is C34H27N4O5-. The number of hydrogen-bond donors (Lipinski definition) is 0. The lowest BCUT2D eigenvalue weighted by Gasteiger charge is -2.44. The lowest BCUT2D eigenvalue weighted by molar-refractivity contribution is -0.255. The number of benzene rings is 3. The van der Waals surface area contributed by atoms with E-state index in [1.54, 1.807) is 24.4 Å². The maximum atomic E-state index is 13.5. The number of carboxylic acids is 1. The van der Waals surface area contributed by atoms with Crippen LogP contribution in [0.25, 0.3) is 27.7 Å². The minimum Gasteiger partial charge on any atom is -0.545 e. The lowest BCUT2D eigenvalue weighted by Crippen LogP contribution is -2.52. The fraction of sp³-hybridized carbons (Fsp3) is 0.206. The zero-order valence-corrected chi connectivity index (χ0v) is 23.4. The van der Waals surface area contributed by atoms with Gasteiger partial charge in [0.25, 0.3) is 5.91 Å². The molecule has 5 aromatic rings. The monoisotopic (exact) mass is 571 g/mol. The zero-order valence-electron chi connectivity index (χ0n) is 23.4. The number of fused-ring (bicyclic) bond motifs is 2. The van der Waals surface area contributed by atoms with Crippen LogP contribution in [-0.2, 0) is 0 Å². The van der Waals surface area contributed by atoms with E-state index in [1.807, 2.05) is 65.0 Å². The standard InChI is InChI=1S/C34H28N4O5/c1-21-27-17-23(7-9-29(27)38(36-21)26-5-3-2-4-6-26)32(40)37-13-11-34(12-14-37)18-30(39)28-16-22(8-10-31(28)43-34)24-15-25(33(41)42)20-35-19-24/h2-10,15-17,19-20H,11-14,18H2,1H3,(H,41,42)/p-1. The number of aryl methyl sites for hydroxylation is 1. The average Bonchev–Trinajstić information content (AvgIpc) is 3.37. The molecule has 43 heavy (non-hydrogen) atoms. The van der Waals surface area contributed by atoms with Gasteiger partial charge in [0.05, 0.1) is 34.9 Å². The maximum Gasteiger partial charge on any atom is 0.253 e. The molecule has 9 nitrogen and oxygen atoms in total.